The molecule has 0 aromatic heterocycles. The van der Waals surface area contributed by atoms with Crippen molar-refractivity contribution in [2.24, 2.45) is 0 Å². The maximum absolute atomic E-state index is 12.6. The van der Waals surface area contributed by atoms with Gasteiger partial charge in [0.25, 0.3) is 0 Å². The lowest BCUT2D eigenvalue weighted by molar-refractivity contribution is -0.129. The molecule has 2 aromatic carbocycles. The summed E-state index contributed by atoms with van der Waals surface area (Å²) in [6.07, 6.45) is 0.231. The van der Waals surface area contributed by atoms with Crippen LogP contribution in [0.5, 0.6) is 11.5 Å². The Balaban J connectivity index is 2.13. The molecule has 0 aliphatic rings. The lowest BCUT2D eigenvalue weighted by Gasteiger charge is -2.20. The Bertz CT molecular complexity index is 731. The fourth-order valence-corrected chi connectivity index (χ4v) is 2.75. The number of aryl methyl sites for hydroxylation is 1. The van der Waals surface area contributed by atoms with E-state index < -0.39 is 0 Å². The zero-order valence-corrected chi connectivity index (χ0v) is 15.2. The van der Waals surface area contributed by atoms with Crippen LogP contribution in [0, 0.1) is 6.92 Å². The van der Waals surface area contributed by atoms with E-state index in [4.69, 9.17) is 21.1 Å². The molecule has 24 heavy (non-hydrogen) atoms. The molecule has 0 aliphatic heterocycles. The molecule has 5 heteroatoms. The summed E-state index contributed by atoms with van der Waals surface area (Å²) < 4.78 is 10.7. The van der Waals surface area contributed by atoms with Crippen LogP contribution in [0.4, 0.5) is 0 Å². The first-order chi connectivity index (χ1) is 11.4. The van der Waals surface area contributed by atoms with E-state index in [1.807, 2.05) is 25.1 Å². The van der Waals surface area contributed by atoms with E-state index in [0.717, 1.165) is 22.4 Å². The maximum Gasteiger partial charge on any atom is 0.227 e. The van der Waals surface area contributed by atoms with Gasteiger partial charge in [0.1, 0.15) is 11.5 Å². The summed E-state index contributed by atoms with van der Waals surface area (Å²) >= 11 is 6.03. The number of halogens is 1. The number of rotatable bonds is 6. The normalized spacial score (nSPS) is 10.4. The fraction of sp³-hybridized carbons (Fsp3) is 0.316. The highest BCUT2D eigenvalue weighted by Gasteiger charge is 2.15. The Hall–Kier alpha value is -2.20. The molecule has 0 spiro atoms. The van der Waals surface area contributed by atoms with Crippen LogP contribution in [0.2, 0.25) is 5.02 Å². The largest absolute Gasteiger partial charge is 0.496 e. The molecular weight excluding hydrogens is 326 g/mol. The van der Waals surface area contributed by atoms with Gasteiger partial charge in [-0.05, 0) is 31.2 Å². The minimum atomic E-state index is -0.0147. The summed E-state index contributed by atoms with van der Waals surface area (Å²) in [7, 11) is 4.99. The maximum atomic E-state index is 12.6. The predicted molar refractivity (Wildman–Crippen MR) is 95.9 cm³/mol. The van der Waals surface area contributed by atoms with E-state index >= 15 is 0 Å². The molecule has 0 atom stereocenters. The number of hydrogen-bond donors (Lipinski definition) is 0. The molecule has 0 saturated carbocycles. The summed E-state index contributed by atoms with van der Waals surface area (Å²) in [5, 5.41) is 0.585. The van der Waals surface area contributed by atoms with Crippen LogP contribution < -0.4 is 9.47 Å². The Labute approximate surface area is 147 Å². The molecule has 2 rings (SSSR count). The minimum absolute atomic E-state index is 0.0147. The van der Waals surface area contributed by atoms with Gasteiger partial charge in [-0.3, -0.25) is 4.79 Å². The van der Waals surface area contributed by atoms with Crippen molar-refractivity contribution in [3.8, 4) is 11.5 Å². The van der Waals surface area contributed by atoms with Crippen LogP contribution in [0.3, 0.4) is 0 Å². The third kappa shape index (κ3) is 4.42. The molecule has 2 aromatic rings. The first-order valence-electron chi connectivity index (χ1n) is 7.64. The topological polar surface area (TPSA) is 38.8 Å². The quantitative estimate of drug-likeness (QED) is 0.796. The van der Waals surface area contributed by atoms with E-state index in [-0.39, 0.29) is 12.3 Å². The van der Waals surface area contributed by atoms with Crippen LogP contribution in [0.25, 0.3) is 0 Å². The van der Waals surface area contributed by atoms with Gasteiger partial charge in [0.2, 0.25) is 5.91 Å². The first kappa shape index (κ1) is 18.1. The van der Waals surface area contributed by atoms with Gasteiger partial charge in [-0.2, -0.15) is 0 Å². The van der Waals surface area contributed by atoms with Crippen molar-refractivity contribution in [2.75, 3.05) is 21.3 Å². The average Bonchev–Trinajstić information content (AvgIpc) is 2.55. The van der Waals surface area contributed by atoms with Gasteiger partial charge in [-0.25, -0.2) is 0 Å². The van der Waals surface area contributed by atoms with Crippen molar-refractivity contribution in [3.63, 3.8) is 0 Å². The SMILES string of the molecule is COc1ccc(Cl)cc1CC(=O)N(C)Cc1cc(C)ccc1OC. The molecule has 0 heterocycles. The molecule has 0 unspecified atom stereocenters. The highest BCUT2D eigenvalue weighted by molar-refractivity contribution is 6.30. The van der Waals surface area contributed by atoms with Gasteiger partial charge in [0.05, 0.1) is 20.6 Å². The average molecular weight is 348 g/mol. The zero-order valence-electron chi connectivity index (χ0n) is 14.4. The minimum Gasteiger partial charge on any atom is -0.496 e. The number of carbonyl (C=O) groups is 1. The van der Waals surface area contributed by atoms with E-state index in [1.165, 1.54) is 0 Å². The second kappa shape index (κ2) is 8.06. The Morgan fingerprint density at radius 3 is 2.33 bits per heavy atom. The molecule has 0 fully saturated rings. The number of likely N-dealkylation sites (N-methyl/N-ethyl adjacent to an activating group) is 1. The Morgan fingerprint density at radius 1 is 1.04 bits per heavy atom. The summed E-state index contributed by atoms with van der Waals surface area (Å²) in [4.78, 5) is 14.2. The van der Waals surface area contributed by atoms with Crippen molar-refractivity contribution in [2.45, 2.75) is 19.9 Å². The summed E-state index contributed by atoms with van der Waals surface area (Å²) in [5.41, 5.74) is 2.88. The first-order valence-corrected chi connectivity index (χ1v) is 8.02. The van der Waals surface area contributed by atoms with Crippen LogP contribution in [0.1, 0.15) is 16.7 Å². The predicted octanol–water partition coefficient (Wildman–Crippen LogP) is 3.87. The van der Waals surface area contributed by atoms with Gasteiger partial charge in [0.15, 0.2) is 0 Å². The molecule has 0 aliphatic carbocycles. The molecule has 0 radical (unpaired) electrons. The van der Waals surface area contributed by atoms with Crippen molar-refractivity contribution in [1.82, 2.24) is 4.90 Å². The van der Waals surface area contributed by atoms with Gasteiger partial charge in [-0.15, -0.1) is 0 Å². The number of carbonyl (C=O) groups excluding carboxylic acids is 1. The monoisotopic (exact) mass is 347 g/mol. The standard InChI is InChI=1S/C19H22ClNO3/c1-13-5-7-18(24-4)15(9-13)12-21(2)19(22)11-14-10-16(20)6-8-17(14)23-3/h5-10H,11-12H2,1-4H3. The lowest BCUT2D eigenvalue weighted by atomic mass is 10.1. The molecule has 0 N–H and O–H groups in total. The van der Waals surface area contributed by atoms with Gasteiger partial charge in [0, 0.05) is 29.7 Å². The number of nitrogens with zero attached hydrogens (tertiary/aromatic N) is 1. The molecular formula is C19H22ClNO3. The van der Waals surface area contributed by atoms with Gasteiger partial charge in [-0.1, -0.05) is 29.3 Å². The number of hydrogen-bond acceptors (Lipinski definition) is 3. The second-order valence-electron chi connectivity index (χ2n) is 5.70. The van der Waals surface area contributed by atoms with E-state index in [0.29, 0.717) is 17.3 Å². The summed E-state index contributed by atoms with van der Waals surface area (Å²) in [6.45, 7) is 2.49. The van der Waals surface area contributed by atoms with E-state index in [1.54, 1.807) is 44.4 Å². The molecule has 1 amide bonds. The fourth-order valence-electron chi connectivity index (χ4n) is 2.56. The molecule has 4 nitrogen and oxygen atoms in total. The van der Waals surface area contributed by atoms with Crippen molar-refractivity contribution in [1.29, 1.82) is 0 Å². The van der Waals surface area contributed by atoms with E-state index in [9.17, 15) is 4.79 Å². The number of benzene rings is 2. The van der Waals surface area contributed by atoms with Crippen molar-refractivity contribution >= 4 is 17.5 Å². The van der Waals surface area contributed by atoms with Crippen LogP contribution in [0.15, 0.2) is 36.4 Å². The molecule has 128 valence electrons. The van der Waals surface area contributed by atoms with Crippen LogP contribution >= 0.6 is 11.6 Å². The van der Waals surface area contributed by atoms with Gasteiger partial charge >= 0.3 is 0 Å². The zero-order chi connectivity index (χ0) is 17.7. The molecule has 0 saturated heterocycles. The van der Waals surface area contributed by atoms with Crippen LogP contribution in [-0.4, -0.2) is 32.1 Å². The third-order valence-corrected chi connectivity index (χ3v) is 4.09. The highest BCUT2D eigenvalue weighted by Crippen LogP contribution is 2.25. The second-order valence-corrected chi connectivity index (χ2v) is 6.13. The van der Waals surface area contributed by atoms with E-state index in [2.05, 4.69) is 0 Å². The Kier molecular flexibility index (Phi) is 6.10. The summed E-state index contributed by atoms with van der Waals surface area (Å²) in [6, 6.07) is 11.2. The number of ether oxygens (including phenoxy) is 2. The molecule has 0 bridgehead atoms. The Morgan fingerprint density at radius 2 is 1.67 bits per heavy atom. The lowest BCUT2D eigenvalue weighted by Crippen LogP contribution is -2.28. The third-order valence-electron chi connectivity index (χ3n) is 3.85. The number of methoxy groups -OCH3 is 2. The summed E-state index contributed by atoms with van der Waals surface area (Å²) in [5.74, 6) is 1.42. The highest BCUT2D eigenvalue weighted by atomic mass is 35.5. The number of amides is 1. The van der Waals surface area contributed by atoms with Crippen molar-refractivity contribution in [3.05, 3.63) is 58.1 Å². The smallest absolute Gasteiger partial charge is 0.227 e. The van der Waals surface area contributed by atoms with Crippen molar-refractivity contribution < 1.29 is 14.3 Å². The van der Waals surface area contributed by atoms with Gasteiger partial charge < -0.3 is 14.4 Å². The van der Waals surface area contributed by atoms with Crippen LogP contribution in [-0.2, 0) is 17.8 Å².